The molecule has 116 valence electrons. The molecule has 3 heteroatoms. The first-order chi connectivity index (χ1) is 10.5. The normalized spacial score (nSPS) is 12.7. The number of quaternary nitrogens is 1. The fourth-order valence-electron chi connectivity index (χ4n) is 2.36. The highest BCUT2D eigenvalue weighted by molar-refractivity contribution is 5.94. The molecule has 0 aliphatic carbocycles. The number of rotatable bonds is 6. The fourth-order valence-corrected chi connectivity index (χ4v) is 2.36. The molecule has 0 saturated carbocycles. The van der Waals surface area contributed by atoms with E-state index in [1.165, 1.54) is 0 Å². The van der Waals surface area contributed by atoms with Crippen molar-refractivity contribution in [1.29, 1.82) is 0 Å². The van der Waals surface area contributed by atoms with Gasteiger partial charge in [-0.15, -0.1) is 0 Å². The number of hydrogen-bond acceptors (Lipinski definition) is 1. The van der Waals surface area contributed by atoms with Crippen molar-refractivity contribution in [1.82, 2.24) is 5.32 Å². The van der Waals surface area contributed by atoms with Crippen LogP contribution in [0.15, 0.2) is 60.7 Å². The van der Waals surface area contributed by atoms with Crippen LogP contribution in [0.1, 0.15) is 28.4 Å². The molecule has 1 N–H and O–H groups in total. The van der Waals surface area contributed by atoms with Gasteiger partial charge in [0.05, 0.1) is 33.7 Å². The van der Waals surface area contributed by atoms with Gasteiger partial charge in [0.25, 0.3) is 5.91 Å². The summed E-state index contributed by atoms with van der Waals surface area (Å²) in [4.78, 5) is 12.4. The average molecular weight is 297 g/mol. The standard InChI is InChI=1S/C19H24N2O/c1-21(2,3)15-14-18(16-10-6-4-7-11-16)20-19(22)17-12-8-5-9-13-17/h4-13,18H,14-15H2,1-3H3/p+1/t18-/m0/s1. The largest absolute Gasteiger partial charge is 0.345 e. The molecule has 0 heterocycles. The van der Waals surface area contributed by atoms with Crippen molar-refractivity contribution >= 4 is 5.91 Å². The Morgan fingerprint density at radius 3 is 2.05 bits per heavy atom. The Morgan fingerprint density at radius 1 is 0.955 bits per heavy atom. The van der Waals surface area contributed by atoms with Gasteiger partial charge in [-0.1, -0.05) is 48.5 Å². The lowest BCUT2D eigenvalue weighted by molar-refractivity contribution is -0.870. The number of hydrogen-bond donors (Lipinski definition) is 1. The van der Waals surface area contributed by atoms with E-state index in [-0.39, 0.29) is 11.9 Å². The zero-order chi connectivity index (χ0) is 16.0. The second-order valence-corrected chi connectivity index (χ2v) is 6.61. The van der Waals surface area contributed by atoms with Crippen LogP contribution in [0, 0.1) is 0 Å². The highest BCUT2D eigenvalue weighted by Gasteiger charge is 2.18. The van der Waals surface area contributed by atoms with Gasteiger partial charge in [-0.05, 0) is 17.7 Å². The number of benzene rings is 2. The second-order valence-electron chi connectivity index (χ2n) is 6.61. The van der Waals surface area contributed by atoms with E-state index >= 15 is 0 Å². The zero-order valence-electron chi connectivity index (χ0n) is 13.6. The van der Waals surface area contributed by atoms with Crippen LogP contribution >= 0.6 is 0 Å². The lowest BCUT2D eigenvalue weighted by atomic mass is 10.0. The van der Waals surface area contributed by atoms with Gasteiger partial charge in [0.1, 0.15) is 0 Å². The van der Waals surface area contributed by atoms with Gasteiger partial charge in [0.15, 0.2) is 0 Å². The summed E-state index contributed by atoms with van der Waals surface area (Å²) < 4.78 is 0.880. The predicted octanol–water partition coefficient (Wildman–Crippen LogP) is 3.25. The van der Waals surface area contributed by atoms with E-state index in [0.29, 0.717) is 5.56 Å². The van der Waals surface area contributed by atoms with Crippen LogP contribution in [0.5, 0.6) is 0 Å². The van der Waals surface area contributed by atoms with Crippen LogP contribution in [-0.4, -0.2) is 38.1 Å². The second kappa shape index (κ2) is 7.23. The quantitative estimate of drug-likeness (QED) is 0.815. The summed E-state index contributed by atoms with van der Waals surface area (Å²) in [6.07, 6.45) is 0.909. The van der Waals surface area contributed by atoms with E-state index < -0.39 is 0 Å². The Morgan fingerprint density at radius 2 is 1.50 bits per heavy atom. The van der Waals surface area contributed by atoms with Crippen LogP contribution in [-0.2, 0) is 0 Å². The van der Waals surface area contributed by atoms with Crippen LogP contribution in [0.4, 0.5) is 0 Å². The molecule has 0 aliphatic rings. The summed E-state index contributed by atoms with van der Waals surface area (Å²) in [7, 11) is 6.50. The summed E-state index contributed by atoms with van der Waals surface area (Å²) >= 11 is 0. The smallest absolute Gasteiger partial charge is 0.251 e. The van der Waals surface area contributed by atoms with Crippen LogP contribution in [0.2, 0.25) is 0 Å². The number of nitrogens with zero attached hydrogens (tertiary/aromatic N) is 1. The molecule has 0 radical (unpaired) electrons. The van der Waals surface area contributed by atoms with Crippen molar-refractivity contribution in [3.05, 3.63) is 71.8 Å². The summed E-state index contributed by atoms with van der Waals surface area (Å²) in [5.41, 5.74) is 1.86. The van der Waals surface area contributed by atoms with E-state index in [1.807, 2.05) is 48.5 Å². The highest BCUT2D eigenvalue weighted by Crippen LogP contribution is 2.18. The molecule has 1 atom stereocenters. The molecule has 1 amide bonds. The lowest BCUT2D eigenvalue weighted by Gasteiger charge is -2.27. The first kappa shape index (κ1) is 16.2. The molecule has 3 nitrogen and oxygen atoms in total. The van der Waals surface area contributed by atoms with Gasteiger partial charge in [-0.2, -0.15) is 0 Å². The van der Waals surface area contributed by atoms with Crippen molar-refractivity contribution in [3.63, 3.8) is 0 Å². The molecule has 0 bridgehead atoms. The van der Waals surface area contributed by atoms with Crippen molar-refractivity contribution in [2.45, 2.75) is 12.5 Å². The number of nitrogens with one attached hydrogen (secondary N) is 1. The maximum atomic E-state index is 12.4. The van der Waals surface area contributed by atoms with Crippen LogP contribution in [0.3, 0.4) is 0 Å². The monoisotopic (exact) mass is 297 g/mol. The Balaban J connectivity index is 2.12. The van der Waals surface area contributed by atoms with E-state index in [1.54, 1.807) is 0 Å². The maximum Gasteiger partial charge on any atom is 0.251 e. The predicted molar refractivity (Wildman–Crippen MR) is 90.6 cm³/mol. The van der Waals surface area contributed by atoms with Gasteiger partial charge in [0, 0.05) is 12.0 Å². The molecule has 0 fully saturated rings. The third kappa shape index (κ3) is 5.01. The average Bonchev–Trinajstić information content (AvgIpc) is 2.52. The van der Waals surface area contributed by atoms with Crippen molar-refractivity contribution in [2.24, 2.45) is 0 Å². The summed E-state index contributed by atoms with van der Waals surface area (Å²) in [6.45, 7) is 0.995. The van der Waals surface area contributed by atoms with Crippen LogP contribution < -0.4 is 5.32 Å². The lowest BCUT2D eigenvalue weighted by Crippen LogP contribution is -2.38. The van der Waals surface area contributed by atoms with Crippen molar-refractivity contribution in [2.75, 3.05) is 27.7 Å². The minimum absolute atomic E-state index is 0.0177. The molecule has 0 aliphatic heterocycles. The summed E-state index contributed by atoms with van der Waals surface area (Å²) in [6, 6.07) is 19.6. The third-order valence-corrected chi connectivity index (χ3v) is 3.63. The SMILES string of the molecule is C[N+](C)(C)CC[C@H](NC(=O)c1ccccc1)c1ccccc1. The maximum absolute atomic E-state index is 12.4. The topological polar surface area (TPSA) is 29.1 Å². The van der Waals surface area contributed by atoms with Crippen molar-refractivity contribution < 1.29 is 9.28 Å². The molecular formula is C19H25N2O+. The number of carbonyl (C=O) groups is 1. The first-order valence-electron chi connectivity index (χ1n) is 7.67. The van der Waals surface area contributed by atoms with Gasteiger partial charge in [-0.3, -0.25) is 4.79 Å². The molecule has 0 unspecified atom stereocenters. The zero-order valence-corrected chi connectivity index (χ0v) is 13.6. The third-order valence-electron chi connectivity index (χ3n) is 3.63. The molecule has 0 saturated heterocycles. The molecule has 0 spiro atoms. The van der Waals surface area contributed by atoms with Gasteiger partial charge >= 0.3 is 0 Å². The minimum Gasteiger partial charge on any atom is -0.345 e. The Labute approximate surface area is 133 Å². The fraction of sp³-hybridized carbons (Fsp3) is 0.316. The van der Waals surface area contributed by atoms with Gasteiger partial charge < -0.3 is 9.80 Å². The molecule has 2 aromatic carbocycles. The Bertz CT molecular complexity index is 588. The van der Waals surface area contributed by atoms with Crippen molar-refractivity contribution in [3.8, 4) is 0 Å². The minimum atomic E-state index is -0.0177. The van der Waals surface area contributed by atoms with Crippen LogP contribution in [0.25, 0.3) is 0 Å². The van der Waals surface area contributed by atoms with E-state index in [4.69, 9.17) is 0 Å². The molecule has 2 aromatic rings. The number of amides is 1. The highest BCUT2D eigenvalue weighted by atomic mass is 16.1. The molecule has 22 heavy (non-hydrogen) atoms. The van der Waals surface area contributed by atoms with Gasteiger partial charge in [0.2, 0.25) is 0 Å². The van der Waals surface area contributed by atoms with E-state index in [0.717, 1.165) is 23.0 Å². The van der Waals surface area contributed by atoms with Gasteiger partial charge in [-0.25, -0.2) is 0 Å². The Kier molecular flexibility index (Phi) is 5.34. The first-order valence-corrected chi connectivity index (χ1v) is 7.67. The molecular weight excluding hydrogens is 272 g/mol. The summed E-state index contributed by atoms with van der Waals surface area (Å²) in [5, 5.41) is 3.17. The van der Waals surface area contributed by atoms with E-state index in [2.05, 4.69) is 38.6 Å². The molecule has 0 aromatic heterocycles. The van der Waals surface area contributed by atoms with E-state index in [9.17, 15) is 4.79 Å². The molecule has 2 rings (SSSR count). The number of carbonyl (C=O) groups excluding carboxylic acids is 1. The summed E-state index contributed by atoms with van der Waals surface area (Å²) in [5.74, 6) is -0.0177. The Hall–Kier alpha value is -2.13.